The van der Waals surface area contributed by atoms with Crippen molar-refractivity contribution in [1.29, 1.82) is 0 Å². The standard InChI is InChI=1S/C13H15FO6S/c1-19-9-7(13(4-5-13)12(15)16)6-8(14)11(10(9)20-2)21(3,17)18/h6H,4-5H2,1-3H3,(H,15,16). The molecule has 0 atom stereocenters. The summed E-state index contributed by atoms with van der Waals surface area (Å²) in [5.74, 6) is -2.51. The number of hydrogen-bond donors (Lipinski definition) is 1. The van der Waals surface area contributed by atoms with Crippen LogP contribution in [0.15, 0.2) is 11.0 Å². The molecule has 0 aliphatic heterocycles. The van der Waals surface area contributed by atoms with Crippen LogP contribution in [0.2, 0.25) is 0 Å². The average Bonchev–Trinajstić information content (AvgIpc) is 3.16. The number of carboxylic acids is 1. The summed E-state index contributed by atoms with van der Waals surface area (Å²) in [6, 6.07) is 0.916. The Hall–Kier alpha value is -1.83. The molecule has 0 radical (unpaired) electrons. The quantitative estimate of drug-likeness (QED) is 0.881. The highest BCUT2D eigenvalue weighted by atomic mass is 32.2. The Labute approximate surface area is 121 Å². The molecule has 8 heteroatoms. The third kappa shape index (κ3) is 2.33. The second kappa shape index (κ2) is 4.87. The first-order valence-corrected chi connectivity index (χ1v) is 7.96. The minimum Gasteiger partial charge on any atom is -0.492 e. The van der Waals surface area contributed by atoms with Crippen molar-refractivity contribution < 1.29 is 32.2 Å². The van der Waals surface area contributed by atoms with Crippen LogP contribution in [0.4, 0.5) is 4.39 Å². The molecule has 0 spiro atoms. The van der Waals surface area contributed by atoms with Gasteiger partial charge in [-0.2, -0.15) is 0 Å². The Bertz CT molecular complexity index is 706. The predicted molar refractivity (Wildman–Crippen MR) is 71.2 cm³/mol. The Balaban J connectivity index is 2.83. The topological polar surface area (TPSA) is 89.9 Å². The zero-order valence-corrected chi connectivity index (χ0v) is 12.6. The van der Waals surface area contributed by atoms with Gasteiger partial charge in [-0.25, -0.2) is 12.8 Å². The van der Waals surface area contributed by atoms with Crippen LogP contribution in [0.1, 0.15) is 18.4 Å². The SMILES string of the molecule is COc1c(C2(C(=O)O)CC2)cc(F)c(S(C)(=O)=O)c1OC. The second-order valence-electron chi connectivity index (χ2n) is 4.96. The van der Waals surface area contributed by atoms with Gasteiger partial charge in [0.05, 0.1) is 19.6 Å². The number of carbonyl (C=O) groups is 1. The number of sulfone groups is 1. The molecule has 1 aromatic carbocycles. The molecule has 0 unspecified atom stereocenters. The van der Waals surface area contributed by atoms with Crippen molar-refractivity contribution in [2.45, 2.75) is 23.2 Å². The number of methoxy groups -OCH3 is 2. The Morgan fingerprint density at radius 2 is 1.81 bits per heavy atom. The monoisotopic (exact) mass is 318 g/mol. The molecule has 0 bridgehead atoms. The Morgan fingerprint density at radius 3 is 2.14 bits per heavy atom. The van der Waals surface area contributed by atoms with E-state index < -0.39 is 31.9 Å². The summed E-state index contributed by atoms with van der Waals surface area (Å²) in [7, 11) is -1.47. The van der Waals surface area contributed by atoms with Crippen LogP contribution in [0, 0.1) is 5.82 Å². The van der Waals surface area contributed by atoms with Gasteiger partial charge in [-0.1, -0.05) is 0 Å². The third-order valence-electron chi connectivity index (χ3n) is 3.60. The third-order valence-corrected chi connectivity index (χ3v) is 4.72. The molecule has 6 nitrogen and oxygen atoms in total. The molecule has 2 rings (SSSR count). The number of benzene rings is 1. The summed E-state index contributed by atoms with van der Waals surface area (Å²) in [5, 5.41) is 9.32. The van der Waals surface area contributed by atoms with Crippen LogP contribution < -0.4 is 9.47 Å². The van der Waals surface area contributed by atoms with Gasteiger partial charge in [0.15, 0.2) is 21.3 Å². The van der Waals surface area contributed by atoms with E-state index in [9.17, 15) is 22.7 Å². The van der Waals surface area contributed by atoms with Crippen LogP contribution in [0.3, 0.4) is 0 Å². The van der Waals surface area contributed by atoms with Crippen LogP contribution in [0.25, 0.3) is 0 Å². The van der Waals surface area contributed by atoms with E-state index in [1.807, 2.05) is 0 Å². The van der Waals surface area contributed by atoms with Crippen molar-refractivity contribution in [3.63, 3.8) is 0 Å². The van der Waals surface area contributed by atoms with Gasteiger partial charge in [0, 0.05) is 11.8 Å². The lowest BCUT2D eigenvalue weighted by Gasteiger charge is -2.20. The normalized spacial score (nSPS) is 16.4. The maximum atomic E-state index is 14.2. The molecule has 1 fully saturated rings. The maximum Gasteiger partial charge on any atom is 0.314 e. The summed E-state index contributed by atoms with van der Waals surface area (Å²) >= 11 is 0. The molecule has 1 N–H and O–H groups in total. The van der Waals surface area contributed by atoms with Gasteiger partial charge in [-0.15, -0.1) is 0 Å². The fourth-order valence-corrected chi connectivity index (χ4v) is 3.33. The molecule has 1 aromatic rings. The van der Waals surface area contributed by atoms with E-state index in [4.69, 9.17) is 9.47 Å². The largest absolute Gasteiger partial charge is 0.492 e. The van der Waals surface area contributed by atoms with E-state index >= 15 is 0 Å². The maximum absolute atomic E-state index is 14.2. The molecule has 116 valence electrons. The van der Waals surface area contributed by atoms with Crippen molar-refractivity contribution in [1.82, 2.24) is 0 Å². The lowest BCUT2D eigenvalue weighted by molar-refractivity contribution is -0.140. The van der Waals surface area contributed by atoms with E-state index in [2.05, 4.69) is 0 Å². The zero-order chi connectivity index (χ0) is 16.0. The Kier molecular flexibility index (Phi) is 3.61. The van der Waals surface area contributed by atoms with Crippen molar-refractivity contribution in [3.8, 4) is 11.5 Å². The van der Waals surface area contributed by atoms with Crippen LogP contribution in [0.5, 0.6) is 11.5 Å². The highest BCUT2D eigenvalue weighted by molar-refractivity contribution is 7.90. The van der Waals surface area contributed by atoms with E-state index in [-0.39, 0.29) is 17.1 Å². The van der Waals surface area contributed by atoms with Gasteiger partial charge in [0.1, 0.15) is 10.7 Å². The lowest BCUT2D eigenvalue weighted by atomic mass is 9.94. The first-order chi connectivity index (χ1) is 9.69. The van der Waals surface area contributed by atoms with E-state index in [1.54, 1.807) is 0 Å². The second-order valence-corrected chi connectivity index (χ2v) is 6.91. The summed E-state index contributed by atoms with van der Waals surface area (Å²) in [6.45, 7) is 0. The lowest BCUT2D eigenvalue weighted by Crippen LogP contribution is -2.21. The smallest absolute Gasteiger partial charge is 0.314 e. The summed E-state index contributed by atoms with van der Waals surface area (Å²) in [5.41, 5.74) is -1.14. The number of rotatable bonds is 5. The van der Waals surface area contributed by atoms with Gasteiger partial charge in [-0.05, 0) is 18.9 Å². The van der Waals surface area contributed by atoms with Gasteiger partial charge in [0.25, 0.3) is 0 Å². The zero-order valence-electron chi connectivity index (χ0n) is 11.8. The molecule has 1 aliphatic rings. The van der Waals surface area contributed by atoms with Crippen LogP contribution >= 0.6 is 0 Å². The summed E-state index contributed by atoms with van der Waals surface area (Å²) < 4.78 is 47.8. The molecule has 1 aliphatic carbocycles. The van der Waals surface area contributed by atoms with E-state index in [0.717, 1.165) is 12.3 Å². The van der Waals surface area contributed by atoms with Gasteiger partial charge in [-0.3, -0.25) is 4.79 Å². The number of hydrogen-bond acceptors (Lipinski definition) is 5. The van der Waals surface area contributed by atoms with Crippen LogP contribution in [-0.2, 0) is 20.0 Å². The molecule has 0 heterocycles. The van der Waals surface area contributed by atoms with Crippen molar-refractivity contribution >= 4 is 15.8 Å². The first kappa shape index (κ1) is 15.6. The fourth-order valence-electron chi connectivity index (χ4n) is 2.40. The number of aliphatic carboxylic acids is 1. The molecule has 0 amide bonds. The highest BCUT2D eigenvalue weighted by Gasteiger charge is 2.54. The number of ether oxygens (including phenoxy) is 2. The van der Waals surface area contributed by atoms with Gasteiger partial charge >= 0.3 is 5.97 Å². The molecule has 21 heavy (non-hydrogen) atoms. The van der Waals surface area contributed by atoms with Crippen molar-refractivity contribution in [3.05, 3.63) is 17.4 Å². The summed E-state index contributed by atoms with van der Waals surface area (Å²) in [6.07, 6.45) is 1.51. The predicted octanol–water partition coefficient (Wildman–Crippen LogP) is 1.36. The average molecular weight is 318 g/mol. The fraction of sp³-hybridized carbons (Fsp3) is 0.462. The minimum absolute atomic E-state index is 0.0563. The first-order valence-electron chi connectivity index (χ1n) is 6.07. The summed E-state index contributed by atoms with van der Waals surface area (Å²) in [4.78, 5) is 10.8. The highest BCUT2D eigenvalue weighted by Crippen LogP contribution is 2.55. The molecule has 0 saturated heterocycles. The van der Waals surface area contributed by atoms with Crippen molar-refractivity contribution in [2.75, 3.05) is 20.5 Å². The molecular weight excluding hydrogens is 303 g/mol. The Morgan fingerprint density at radius 1 is 1.29 bits per heavy atom. The van der Waals surface area contributed by atoms with Gasteiger partial charge in [0.2, 0.25) is 0 Å². The number of carboxylic acid groups (broad SMARTS) is 1. The van der Waals surface area contributed by atoms with Gasteiger partial charge < -0.3 is 14.6 Å². The molecule has 0 aromatic heterocycles. The van der Waals surface area contributed by atoms with E-state index in [1.165, 1.54) is 14.2 Å². The van der Waals surface area contributed by atoms with E-state index in [0.29, 0.717) is 12.8 Å². The number of halogens is 1. The molecular formula is C13H15FO6S. The van der Waals surface area contributed by atoms with Crippen molar-refractivity contribution in [2.24, 2.45) is 0 Å². The minimum atomic E-state index is -3.90. The molecule has 1 saturated carbocycles. The van der Waals surface area contributed by atoms with Crippen LogP contribution in [-0.4, -0.2) is 40.0 Å².